The Labute approximate surface area is 285 Å². The number of benzene rings is 3. The summed E-state index contributed by atoms with van der Waals surface area (Å²) in [5.74, 6) is 0.764. The van der Waals surface area contributed by atoms with Gasteiger partial charge in [0, 0.05) is 11.7 Å². The van der Waals surface area contributed by atoms with Crippen molar-refractivity contribution in [3.63, 3.8) is 0 Å². The van der Waals surface area contributed by atoms with E-state index in [4.69, 9.17) is 14.5 Å². The Bertz CT molecular complexity index is 1840. The van der Waals surface area contributed by atoms with Gasteiger partial charge in [0.15, 0.2) is 0 Å². The van der Waals surface area contributed by atoms with Crippen LogP contribution in [0.1, 0.15) is 71.3 Å². The van der Waals surface area contributed by atoms with E-state index in [1.165, 1.54) is 30.7 Å². The molecule has 0 aliphatic heterocycles. The number of hydrogen-bond acceptors (Lipinski definition) is 7. The summed E-state index contributed by atoms with van der Waals surface area (Å²) in [7, 11) is 3.09. The zero-order valence-corrected chi connectivity index (χ0v) is 28.7. The smallest absolute Gasteiger partial charge is 0.354 e. The summed E-state index contributed by atoms with van der Waals surface area (Å²) < 4.78 is 12.0. The standard InChI is InChI=1S/C22H23NO4S.C16H18N2O2/c1-26-13-20(22(24)25)19-6-4-3-5-16(19)14-28-21(15-7-8-15)23-17-9-11-18(27-2)12-10-17;1-10-17-9-13(15(19)20)18(10)14-12-7-5-4-6-11(12)8-16(14,2)3/h3-6,9-13,15H,7-8,14H2,1-2H3,(H,24,25);4-7,9,14H,8H2,1-3H3,(H,19,20)/b20-13+,23-21?;. The number of hydrogen-bond donors (Lipinski definition) is 2. The summed E-state index contributed by atoms with van der Waals surface area (Å²) in [5, 5.41) is 20.0. The van der Waals surface area contributed by atoms with Crippen LogP contribution in [0.3, 0.4) is 0 Å². The molecule has 0 spiro atoms. The van der Waals surface area contributed by atoms with Crippen molar-refractivity contribution in [2.24, 2.45) is 16.3 Å². The van der Waals surface area contributed by atoms with E-state index in [-0.39, 0.29) is 22.7 Å². The first kappa shape index (κ1) is 34.5. The number of aliphatic carboxylic acids is 1. The van der Waals surface area contributed by atoms with Crippen molar-refractivity contribution < 1.29 is 29.3 Å². The molecule has 250 valence electrons. The van der Waals surface area contributed by atoms with Crippen molar-refractivity contribution in [3.05, 3.63) is 119 Å². The molecule has 48 heavy (non-hydrogen) atoms. The van der Waals surface area contributed by atoms with Crippen LogP contribution in [0.2, 0.25) is 0 Å². The fourth-order valence-corrected chi connectivity index (χ4v) is 7.36. The number of carboxylic acid groups (broad SMARTS) is 2. The number of aliphatic imine (C=N–C) groups is 1. The van der Waals surface area contributed by atoms with E-state index < -0.39 is 11.9 Å². The van der Waals surface area contributed by atoms with E-state index >= 15 is 0 Å². The Kier molecular flexibility index (Phi) is 10.7. The molecular formula is C38H41N3O6S. The molecule has 1 unspecified atom stereocenters. The molecule has 2 aliphatic carbocycles. The average Bonchev–Trinajstić information content (AvgIpc) is 3.79. The highest BCUT2D eigenvalue weighted by atomic mass is 32.2. The van der Waals surface area contributed by atoms with Gasteiger partial charge in [-0.1, -0.05) is 62.4 Å². The van der Waals surface area contributed by atoms with Crippen LogP contribution in [0, 0.1) is 18.3 Å². The third-order valence-corrected chi connectivity index (χ3v) is 9.76. The lowest BCUT2D eigenvalue weighted by Gasteiger charge is -2.30. The minimum atomic E-state index is -1.01. The third-order valence-electron chi connectivity index (χ3n) is 8.58. The molecule has 2 N–H and O–H groups in total. The Morgan fingerprint density at radius 2 is 1.71 bits per heavy atom. The van der Waals surface area contributed by atoms with Crippen LogP contribution < -0.4 is 4.74 Å². The number of aromatic carboxylic acids is 1. The largest absolute Gasteiger partial charge is 0.503 e. The molecule has 0 saturated heterocycles. The summed E-state index contributed by atoms with van der Waals surface area (Å²) in [6, 6.07) is 23.5. The quantitative estimate of drug-likeness (QED) is 0.0751. The highest BCUT2D eigenvalue weighted by Crippen LogP contribution is 2.48. The number of nitrogens with zero attached hydrogens (tertiary/aromatic N) is 3. The van der Waals surface area contributed by atoms with Crippen LogP contribution in [-0.4, -0.2) is 51.0 Å². The van der Waals surface area contributed by atoms with E-state index in [1.54, 1.807) is 18.9 Å². The lowest BCUT2D eigenvalue weighted by atomic mass is 9.85. The van der Waals surface area contributed by atoms with Gasteiger partial charge in [0.05, 0.1) is 43.5 Å². The van der Waals surface area contributed by atoms with E-state index in [2.05, 4.69) is 31.0 Å². The fraction of sp³-hybridized carbons (Fsp3) is 0.316. The van der Waals surface area contributed by atoms with E-state index in [9.17, 15) is 19.8 Å². The van der Waals surface area contributed by atoms with Crippen LogP contribution in [0.15, 0.2) is 90.2 Å². The van der Waals surface area contributed by atoms with Gasteiger partial charge in [-0.15, -0.1) is 11.8 Å². The topological polar surface area (TPSA) is 123 Å². The molecule has 10 heteroatoms. The second kappa shape index (κ2) is 14.9. The van der Waals surface area contributed by atoms with Crippen LogP contribution in [0.25, 0.3) is 5.57 Å². The van der Waals surface area contributed by atoms with Crippen molar-refractivity contribution in [1.82, 2.24) is 9.55 Å². The number of carboxylic acids is 2. The molecule has 1 fully saturated rings. The summed E-state index contributed by atoms with van der Waals surface area (Å²) in [6.07, 6.45) is 5.97. The maximum atomic E-state index is 11.6. The van der Waals surface area contributed by atoms with Crippen LogP contribution in [0.5, 0.6) is 5.75 Å². The van der Waals surface area contributed by atoms with Gasteiger partial charge in [0.2, 0.25) is 0 Å². The Morgan fingerprint density at radius 1 is 1.02 bits per heavy atom. The first-order chi connectivity index (χ1) is 23.0. The molecule has 0 amide bonds. The monoisotopic (exact) mass is 667 g/mol. The molecular weight excluding hydrogens is 627 g/mol. The molecule has 2 aliphatic rings. The molecule has 6 rings (SSSR count). The molecule has 3 aromatic carbocycles. The average molecular weight is 668 g/mol. The van der Waals surface area contributed by atoms with Gasteiger partial charge in [-0.3, -0.25) is 0 Å². The normalized spacial score (nSPS) is 16.8. The predicted molar refractivity (Wildman–Crippen MR) is 189 cm³/mol. The lowest BCUT2D eigenvalue weighted by Crippen LogP contribution is -2.27. The molecule has 1 atom stereocenters. The first-order valence-corrected chi connectivity index (χ1v) is 16.8. The first-order valence-electron chi connectivity index (χ1n) is 15.8. The molecule has 0 radical (unpaired) electrons. The summed E-state index contributed by atoms with van der Waals surface area (Å²) in [5.41, 5.74) is 5.41. The van der Waals surface area contributed by atoms with Gasteiger partial charge in [-0.25, -0.2) is 19.6 Å². The highest BCUT2D eigenvalue weighted by molar-refractivity contribution is 8.13. The Morgan fingerprint density at radius 3 is 2.35 bits per heavy atom. The SMILES string of the molecule is CO/C=C(/C(=O)O)c1ccccc1CSC(=Nc1ccc(OC)cc1)C1CC1.Cc1ncc(C(=O)O)n1C1c2ccccc2CC1(C)C. The fourth-order valence-electron chi connectivity index (χ4n) is 6.16. The molecule has 1 aromatic heterocycles. The van der Waals surface area contributed by atoms with E-state index in [0.29, 0.717) is 17.2 Å². The Hall–Kier alpha value is -4.83. The molecule has 0 bridgehead atoms. The maximum absolute atomic E-state index is 11.6. The second-order valence-electron chi connectivity index (χ2n) is 12.6. The van der Waals surface area contributed by atoms with Gasteiger partial charge in [-0.2, -0.15) is 0 Å². The van der Waals surface area contributed by atoms with Gasteiger partial charge in [0.25, 0.3) is 0 Å². The molecule has 1 heterocycles. The molecule has 1 saturated carbocycles. The minimum Gasteiger partial charge on any atom is -0.503 e. The number of imidazole rings is 1. The molecule has 9 nitrogen and oxygen atoms in total. The Balaban J connectivity index is 0.000000198. The summed E-state index contributed by atoms with van der Waals surface area (Å²) >= 11 is 1.67. The van der Waals surface area contributed by atoms with E-state index in [0.717, 1.165) is 47.1 Å². The number of aryl methyl sites for hydroxylation is 1. The van der Waals surface area contributed by atoms with Crippen LogP contribution in [0.4, 0.5) is 5.69 Å². The number of rotatable bonds is 10. The summed E-state index contributed by atoms with van der Waals surface area (Å²) in [4.78, 5) is 32.1. The van der Waals surface area contributed by atoms with Gasteiger partial charge in [-0.05, 0) is 78.1 Å². The van der Waals surface area contributed by atoms with E-state index in [1.807, 2.05) is 72.2 Å². The van der Waals surface area contributed by atoms with Crippen molar-refractivity contribution in [1.29, 1.82) is 0 Å². The third kappa shape index (κ3) is 7.82. The van der Waals surface area contributed by atoms with Crippen molar-refractivity contribution in [3.8, 4) is 5.75 Å². The minimum absolute atomic E-state index is 0.0206. The number of aromatic nitrogens is 2. The second-order valence-corrected chi connectivity index (χ2v) is 13.6. The number of carbonyl (C=O) groups is 2. The van der Waals surface area contributed by atoms with Gasteiger partial charge in [0.1, 0.15) is 22.8 Å². The van der Waals surface area contributed by atoms with Crippen LogP contribution >= 0.6 is 11.8 Å². The van der Waals surface area contributed by atoms with Crippen LogP contribution in [-0.2, 0) is 21.7 Å². The van der Waals surface area contributed by atoms with Crippen molar-refractivity contribution >= 4 is 40.0 Å². The van der Waals surface area contributed by atoms with Gasteiger partial charge >= 0.3 is 11.9 Å². The number of ether oxygens (including phenoxy) is 2. The molecule has 4 aromatic rings. The number of methoxy groups -OCH3 is 2. The van der Waals surface area contributed by atoms with Gasteiger partial charge < -0.3 is 24.3 Å². The maximum Gasteiger partial charge on any atom is 0.354 e. The number of fused-ring (bicyclic) bond motifs is 1. The lowest BCUT2D eigenvalue weighted by molar-refractivity contribution is -0.130. The highest BCUT2D eigenvalue weighted by Gasteiger charge is 2.42. The number of thioether (sulfide) groups is 1. The predicted octanol–water partition coefficient (Wildman–Crippen LogP) is 8.20. The van der Waals surface area contributed by atoms with Crippen molar-refractivity contribution in [2.45, 2.75) is 51.8 Å². The zero-order valence-electron chi connectivity index (χ0n) is 27.8. The summed E-state index contributed by atoms with van der Waals surface area (Å²) in [6.45, 7) is 6.23. The zero-order chi connectivity index (χ0) is 34.4. The van der Waals surface area contributed by atoms with Crippen molar-refractivity contribution in [2.75, 3.05) is 14.2 Å².